The first kappa shape index (κ1) is 9.98. The number of nitrogens with one attached hydrogen (secondary N) is 1. The summed E-state index contributed by atoms with van der Waals surface area (Å²) in [4.78, 5) is 4.19. The minimum Gasteiger partial charge on any atom is -0.333 e. The molecule has 1 aromatic carbocycles. The first-order valence-corrected chi connectivity index (χ1v) is 5.93. The van der Waals surface area contributed by atoms with Crippen molar-refractivity contribution in [1.29, 1.82) is 0 Å². The average molecular weight is 275 g/mol. The molecule has 1 heterocycles. The van der Waals surface area contributed by atoms with Crippen molar-refractivity contribution in [1.82, 2.24) is 0 Å². The zero-order chi connectivity index (χ0) is 9.97. The monoisotopic (exact) mass is 274 g/mol. The van der Waals surface area contributed by atoms with Crippen molar-refractivity contribution in [2.24, 2.45) is 4.99 Å². The molecule has 0 unspecified atom stereocenters. The molecule has 2 rings (SSSR count). The lowest BCUT2D eigenvalue weighted by Gasteiger charge is -2.06. The molecule has 1 aliphatic rings. The molecule has 14 heavy (non-hydrogen) atoms. The highest BCUT2D eigenvalue weighted by atomic mass is 79.9. The van der Waals surface area contributed by atoms with Crippen molar-refractivity contribution in [3.05, 3.63) is 28.5 Å². The molecular formula is C9H8BrFN2S. The number of hydrogen-bond donors (Lipinski definition) is 1. The van der Waals surface area contributed by atoms with Crippen molar-refractivity contribution in [3.8, 4) is 0 Å². The SMILES string of the molecule is Fc1ccc(Br)cc1NC1=NCCS1. The molecule has 0 aliphatic carbocycles. The second-order valence-electron chi connectivity index (χ2n) is 2.78. The minimum atomic E-state index is -0.261. The highest BCUT2D eigenvalue weighted by Gasteiger charge is 2.09. The van der Waals surface area contributed by atoms with Gasteiger partial charge in [-0.25, -0.2) is 4.39 Å². The van der Waals surface area contributed by atoms with Crippen LogP contribution in [0.1, 0.15) is 0 Å². The van der Waals surface area contributed by atoms with Crippen LogP contribution in [0.3, 0.4) is 0 Å². The van der Waals surface area contributed by atoms with E-state index < -0.39 is 0 Å². The Labute approximate surface area is 94.1 Å². The predicted molar refractivity (Wildman–Crippen MR) is 62.5 cm³/mol. The second-order valence-corrected chi connectivity index (χ2v) is 4.78. The number of halogens is 2. The molecule has 74 valence electrons. The zero-order valence-corrected chi connectivity index (χ0v) is 9.66. The molecule has 0 bridgehead atoms. The van der Waals surface area contributed by atoms with Crippen molar-refractivity contribution >= 4 is 38.5 Å². The van der Waals surface area contributed by atoms with Gasteiger partial charge in [0.15, 0.2) is 5.17 Å². The summed E-state index contributed by atoms with van der Waals surface area (Å²) >= 11 is 4.90. The summed E-state index contributed by atoms with van der Waals surface area (Å²) in [7, 11) is 0. The van der Waals surface area contributed by atoms with E-state index in [0.29, 0.717) is 5.69 Å². The van der Waals surface area contributed by atoms with E-state index in [2.05, 4.69) is 26.2 Å². The van der Waals surface area contributed by atoms with E-state index in [0.717, 1.165) is 21.9 Å². The smallest absolute Gasteiger partial charge is 0.161 e. The standard InChI is InChI=1S/C9H8BrFN2S/c10-6-1-2-7(11)8(5-6)13-9-12-3-4-14-9/h1-2,5H,3-4H2,(H,12,13). The van der Waals surface area contributed by atoms with E-state index in [1.54, 1.807) is 23.9 Å². The number of thioether (sulfide) groups is 1. The number of nitrogens with zero attached hydrogens (tertiary/aromatic N) is 1. The summed E-state index contributed by atoms with van der Waals surface area (Å²) in [6.07, 6.45) is 0. The molecule has 1 aromatic rings. The van der Waals surface area contributed by atoms with Gasteiger partial charge in [0, 0.05) is 10.2 Å². The number of rotatable bonds is 1. The molecule has 0 spiro atoms. The van der Waals surface area contributed by atoms with Gasteiger partial charge in [-0.15, -0.1) is 0 Å². The van der Waals surface area contributed by atoms with E-state index in [-0.39, 0.29) is 5.82 Å². The Morgan fingerprint density at radius 2 is 2.36 bits per heavy atom. The van der Waals surface area contributed by atoms with Gasteiger partial charge in [0.05, 0.1) is 12.2 Å². The molecule has 2 nitrogen and oxygen atoms in total. The van der Waals surface area contributed by atoms with Crippen LogP contribution in [-0.2, 0) is 0 Å². The quantitative estimate of drug-likeness (QED) is 0.851. The van der Waals surface area contributed by atoms with Gasteiger partial charge in [-0.05, 0) is 18.2 Å². The molecule has 0 amide bonds. The highest BCUT2D eigenvalue weighted by molar-refractivity contribution is 9.10. The highest BCUT2D eigenvalue weighted by Crippen LogP contribution is 2.22. The third kappa shape index (κ3) is 2.27. The van der Waals surface area contributed by atoms with Gasteiger partial charge in [-0.1, -0.05) is 27.7 Å². The van der Waals surface area contributed by atoms with Crippen LogP contribution in [0, 0.1) is 5.82 Å². The number of benzene rings is 1. The van der Waals surface area contributed by atoms with Crippen molar-refractivity contribution in [3.63, 3.8) is 0 Å². The summed E-state index contributed by atoms with van der Waals surface area (Å²) < 4.78 is 14.1. The van der Waals surface area contributed by atoms with Crippen LogP contribution in [0.15, 0.2) is 27.7 Å². The number of aliphatic imine (C=N–C) groups is 1. The molecule has 0 atom stereocenters. The van der Waals surface area contributed by atoms with Crippen LogP contribution in [-0.4, -0.2) is 17.5 Å². The fourth-order valence-electron chi connectivity index (χ4n) is 1.12. The van der Waals surface area contributed by atoms with Gasteiger partial charge in [0.2, 0.25) is 0 Å². The van der Waals surface area contributed by atoms with Crippen molar-refractivity contribution < 1.29 is 4.39 Å². The molecule has 0 saturated heterocycles. The van der Waals surface area contributed by atoms with E-state index in [9.17, 15) is 4.39 Å². The number of anilines is 1. The normalized spacial score (nSPS) is 15.4. The average Bonchev–Trinajstić information content (AvgIpc) is 2.64. The van der Waals surface area contributed by atoms with Gasteiger partial charge in [0.1, 0.15) is 5.82 Å². The van der Waals surface area contributed by atoms with Gasteiger partial charge in [-0.3, -0.25) is 4.99 Å². The Morgan fingerprint density at radius 3 is 3.07 bits per heavy atom. The molecule has 0 fully saturated rings. The molecular weight excluding hydrogens is 267 g/mol. The van der Waals surface area contributed by atoms with E-state index in [4.69, 9.17) is 0 Å². The Balaban J connectivity index is 2.19. The lowest BCUT2D eigenvalue weighted by atomic mass is 10.3. The lowest BCUT2D eigenvalue weighted by Crippen LogP contribution is -2.06. The maximum Gasteiger partial charge on any atom is 0.161 e. The van der Waals surface area contributed by atoms with Crippen LogP contribution >= 0.6 is 27.7 Å². The van der Waals surface area contributed by atoms with E-state index in [1.807, 2.05) is 0 Å². The minimum absolute atomic E-state index is 0.261. The largest absolute Gasteiger partial charge is 0.333 e. The van der Waals surface area contributed by atoms with Crippen LogP contribution in [0.4, 0.5) is 10.1 Å². The van der Waals surface area contributed by atoms with Crippen molar-refractivity contribution in [2.75, 3.05) is 17.6 Å². The Bertz CT molecular complexity index is 381. The van der Waals surface area contributed by atoms with Crippen LogP contribution in [0.2, 0.25) is 0 Å². The van der Waals surface area contributed by atoms with Crippen LogP contribution in [0.25, 0.3) is 0 Å². The third-order valence-corrected chi connectivity index (χ3v) is 3.14. The predicted octanol–water partition coefficient (Wildman–Crippen LogP) is 3.10. The van der Waals surface area contributed by atoms with Crippen LogP contribution in [0.5, 0.6) is 0 Å². The first-order valence-electron chi connectivity index (χ1n) is 4.15. The molecule has 1 aliphatic heterocycles. The fraction of sp³-hybridized carbons (Fsp3) is 0.222. The second kappa shape index (κ2) is 4.31. The lowest BCUT2D eigenvalue weighted by molar-refractivity contribution is 0.632. The van der Waals surface area contributed by atoms with E-state index >= 15 is 0 Å². The zero-order valence-electron chi connectivity index (χ0n) is 7.26. The summed E-state index contributed by atoms with van der Waals surface area (Å²) in [6, 6.07) is 4.80. The Morgan fingerprint density at radius 1 is 1.50 bits per heavy atom. The van der Waals surface area contributed by atoms with E-state index in [1.165, 1.54) is 6.07 Å². The van der Waals surface area contributed by atoms with Crippen molar-refractivity contribution in [2.45, 2.75) is 0 Å². The van der Waals surface area contributed by atoms with Crippen LogP contribution < -0.4 is 5.32 Å². The fourth-order valence-corrected chi connectivity index (χ4v) is 2.22. The molecule has 5 heteroatoms. The number of amidine groups is 1. The maximum absolute atomic E-state index is 13.3. The van der Waals surface area contributed by atoms with Gasteiger partial charge < -0.3 is 5.32 Å². The third-order valence-electron chi connectivity index (χ3n) is 1.76. The topological polar surface area (TPSA) is 24.4 Å². The number of hydrogen-bond acceptors (Lipinski definition) is 3. The summed E-state index contributed by atoms with van der Waals surface area (Å²) in [5.74, 6) is 0.709. The summed E-state index contributed by atoms with van der Waals surface area (Å²) in [6.45, 7) is 0.808. The first-order chi connectivity index (χ1) is 6.75. The molecule has 0 radical (unpaired) electrons. The Hall–Kier alpha value is -0.550. The Kier molecular flexibility index (Phi) is 3.08. The molecule has 0 saturated carbocycles. The van der Waals surface area contributed by atoms with Gasteiger partial charge >= 0.3 is 0 Å². The maximum atomic E-state index is 13.3. The summed E-state index contributed by atoms with van der Waals surface area (Å²) in [5, 5.41) is 3.75. The van der Waals surface area contributed by atoms with Gasteiger partial charge in [-0.2, -0.15) is 0 Å². The molecule has 1 N–H and O–H groups in total. The molecule has 0 aromatic heterocycles. The van der Waals surface area contributed by atoms with Gasteiger partial charge in [0.25, 0.3) is 0 Å². The summed E-state index contributed by atoms with van der Waals surface area (Å²) in [5.41, 5.74) is 0.465.